The van der Waals surface area contributed by atoms with Crippen molar-refractivity contribution < 1.29 is 14.0 Å². The Bertz CT molecular complexity index is 1260. The number of dihydropyridines is 1. The maximum atomic E-state index is 13.9. The second-order valence-corrected chi connectivity index (χ2v) is 10.5. The van der Waals surface area contributed by atoms with E-state index in [1.165, 1.54) is 12.1 Å². The van der Waals surface area contributed by atoms with Gasteiger partial charge in [0, 0.05) is 22.7 Å². The van der Waals surface area contributed by atoms with Crippen molar-refractivity contribution in [2.24, 2.45) is 5.41 Å². The molecule has 1 aliphatic heterocycles. The normalized spacial score (nSPS) is 19.3. The lowest BCUT2D eigenvalue weighted by Gasteiger charge is -2.39. The van der Waals surface area contributed by atoms with Crippen molar-refractivity contribution in [2.45, 2.75) is 32.6 Å². The molecule has 2 N–H and O–H groups in total. The number of carbonyl (C=O) groups excluding carboxylic acids is 2. The second kappa shape index (κ2) is 9.65. The van der Waals surface area contributed by atoms with Gasteiger partial charge in [-0.3, -0.25) is 9.59 Å². The summed E-state index contributed by atoms with van der Waals surface area (Å²) in [4.78, 5) is 25.7. The number of hydrogen-bond donors (Lipinski definition) is 2. The third kappa shape index (κ3) is 5.03. The standard InChI is InChI=1S/C26H23ClFN3O2S/c1-26(2)11-20-24(21(32)12-26)23(15-7-9-16(27)10-8-15)17(13-29)25(31-20)34-14-22(33)30-19-6-4-3-5-18(19)28/h3-10,23,31H,11-12,14H2,1-2H3,(H,30,33). The van der Waals surface area contributed by atoms with E-state index in [1.54, 1.807) is 24.3 Å². The van der Waals surface area contributed by atoms with E-state index in [-0.39, 0.29) is 22.6 Å². The van der Waals surface area contributed by atoms with Crippen molar-refractivity contribution in [3.05, 3.63) is 86.8 Å². The first-order valence-electron chi connectivity index (χ1n) is 10.8. The van der Waals surface area contributed by atoms with E-state index in [0.29, 0.717) is 34.0 Å². The van der Waals surface area contributed by atoms with Crippen LogP contribution in [0.5, 0.6) is 0 Å². The maximum absolute atomic E-state index is 13.9. The number of anilines is 1. The lowest BCUT2D eigenvalue weighted by Crippen LogP contribution is -2.37. The average Bonchev–Trinajstić information content (AvgIpc) is 2.78. The van der Waals surface area contributed by atoms with Gasteiger partial charge in [-0.1, -0.05) is 61.5 Å². The number of nitrogens with one attached hydrogen (secondary N) is 2. The molecule has 8 heteroatoms. The molecule has 1 atom stereocenters. The summed E-state index contributed by atoms with van der Waals surface area (Å²) in [6, 6.07) is 15.3. The predicted molar refractivity (Wildman–Crippen MR) is 133 cm³/mol. The molecule has 2 aliphatic rings. The van der Waals surface area contributed by atoms with E-state index in [0.717, 1.165) is 23.0 Å². The minimum Gasteiger partial charge on any atom is -0.352 e. The Morgan fingerprint density at radius 1 is 1.24 bits per heavy atom. The predicted octanol–water partition coefficient (Wildman–Crippen LogP) is 5.92. The molecule has 0 saturated carbocycles. The molecular weight excluding hydrogens is 473 g/mol. The number of nitrogens with zero attached hydrogens (tertiary/aromatic N) is 1. The fraction of sp³-hybridized carbons (Fsp3) is 0.269. The van der Waals surface area contributed by atoms with E-state index >= 15 is 0 Å². The van der Waals surface area contributed by atoms with Crippen LogP contribution in [0, 0.1) is 22.6 Å². The van der Waals surface area contributed by atoms with Crippen LogP contribution < -0.4 is 10.6 Å². The summed E-state index contributed by atoms with van der Waals surface area (Å²) in [5.74, 6) is -1.49. The van der Waals surface area contributed by atoms with Gasteiger partial charge in [-0.05, 0) is 41.7 Å². The number of ketones is 1. The van der Waals surface area contributed by atoms with Crippen molar-refractivity contribution in [2.75, 3.05) is 11.1 Å². The number of para-hydroxylation sites is 1. The van der Waals surface area contributed by atoms with E-state index < -0.39 is 17.6 Å². The Kier molecular flexibility index (Phi) is 6.83. The Balaban J connectivity index is 1.66. The molecule has 0 saturated heterocycles. The molecule has 1 unspecified atom stereocenters. The van der Waals surface area contributed by atoms with Crippen LogP contribution in [0.1, 0.15) is 38.2 Å². The highest BCUT2D eigenvalue weighted by atomic mass is 35.5. The van der Waals surface area contributed by atoms with E-state index in [4.69, 9.17) is 11.6 Å². The lowest BCUT2D eigenvalue weighted by molar-refractivity contribution is -0.118. The zero-order valence-corrected chi connectivity index (χ0v) is 20.3. The number of carbonyl (C=O) groups is 2. The van der Waals surface area contributed by atoms with E-state index in [1.807, 2.05) is 26.0 Å². The van der Waals surface area contributed by atoms with Gasteiger partial charge in [0.15, 0.2) is 5.78 Å². The molecular formula is C26H23ClFN3O2S. The fourth-order valence-corrected chi connectivity index (χ4v) is 5.35. The molecule has 4 rings (SSSR count). The van der Waals surface area contributed by atoms with Gasteiger partial charge in [0.05, 0.1) is 34.0 Å². The summed E-state index contributed by atoms with van der Waals surface area (Å²) >= 11 is 7.23. The van der Waals surface area contributed by atoms with Gasteiger partial charge in [-0.2, -0.15) is 5.26 Å². The van der Waals surface area contributed by atoms with Gasteiger partial charge in [0.25, 0.3) is 0 Å². The molecule has 34 heavy (non-hydrogen) atoms. The van der Waals surface area contributed by atoms with Crippen LogP contribution in [0.4, 0.5) is 10.1 Å². The van der Waals surface area contributed by atoms with E-state index in [2.05, 4.69) is 16.7 Å². The van der Waals surface area contributed by atoms with Gasteiger partial charge < -0.3 is 10.6 Å². The SMILES string of the molecule is CC1(C)CC(=O)C2=C(C1)NC(SCC(=O)Nc1ccccc1F)=C(C#N)C2c1ccc(Cl)cc1. The maximum Gasteiger partial charge on any atom is 0.234 e. The second-order valence-electron chi connectivity index (χ2n) is 9.11. The number of nitriles is 1. The molecule has 0 radical (unpaired) electrons. The fourth-order valence-electron chi connectivity index (χ4n) is 4.37. The molecule has 2 aromatic carbocycles. The first kappa shape index (κ1) is 24.1. The number of halogens is 2. The quantitative estimate of drug-likeness (QED) is 0.538. The third-order valence-electron chi connectivity index (χ3n) is 5.83. The highest BCUT2D eigenvalue weighted by Gasteiger charge is 2.41. The summed E-state index contributed by atoms with van der Waals surface area (Å²) in [6.45, 7) is 4.07. The van der Waals surface area contributed by atoms with E-state index in [9.17, 15) is 19.2 Å². The van der Waals surface area contributed by atoms with Crippen LogP contribution in [0.25, 0.3) is 0 Å². The molecule has 1 amide bonds. The van der Waals surface area contributed by atoms with Crippen molar-refractivity contribution in [1.29, 1.82) is 5.26 Å². The molecule has 2 aromatic rings. The molecule has 0 fully saturated rings. The van der Waals surface area contributed by atoms with Crippen LogP contribution in [-0.2, 0) is 9.59 Å². The van der Waals surface area contributed by atoms with Crippen molar-refractivity contribution in [1.82, 2.24) is 5.32 Å². The minimum absolute atomic E-state index is 0.00722. The molecule has 0 aromatic heterocycles. The number of amides is 1. The zero-order valence-electron chi connectivity index (χ0n) is 18.7. The average molecular weight is 496 g/mol. The lowest BCUT2D eigenvalue weighted by atomic mass is 9.69. The third-order valence-corrected chi connectivity index (χ3v) is 7.09. The van der Waals surface area contributed by atoms with Crippen molar-refractivity contribution in [3.8, 4) is 6.07 Å². The first-order valence-corrected chi connectivity index (χ1v) is 12.1. The highest BCUT2D eigenvalue weighted by molar-refractivity contribution is 8.03. The van der Waals surface area contributed by atoms with Crippen LogP contribution in [0.3, 0.4) is 0 Å². The monoisotopic (exact) mass is 495 g/mol. The highest BCUT2D eigenvalue weighted by Crippen LogP contribution is 2.47. The molecule has 0 bridgehead atoms. The summed E-state index contributed by atoms with van der Waals surface area (Å²) in [7, 11) is 0. The number of thioether (sulfide) groups is 1. The summed E-state index contributed by atoms with van der Waals surface area (Å²) in [5, 5.41) is 17.0. The largest absolute Gasteiger partial charge is 0.352 e. The molecule has 0 spiro atoms. The van der Waals surface area contributed by atoms with Gasteiger partial charge in [-0.25, -0.2) is 4.39 Å². The van der Waals surface area contributed by atoms with Crippen molar-refractivity contribution >= 4 is 40.7 Å². The molecule has 174 valence electrons. The molecule has 1 aliphatic carbocycles. The van der Waals surface area contributed by atoms with Crippen LogP contribution >= 0.6 is 23.4 Å². The Hall–Kier alpha value is -3.08. The number of allylic oxidation sites excluding steroid dienone is 3. The number of Topliss-reactive ketones (excluding diaryl/α,β-unsaturated/α-hetero) is 1. The zero-order chi connectivity index (χ0) is 24.5. The first-order chi connectivity index (χ1) is 16.2. The Morgan fingerprint density at radius 2 is 1.94 bits per heavy atom. The number of benzene rings is 2. The number of hydrogen-bond acceptors (Lipinski definition) is 5. The smallest absolute Gasteiger partial charge is 0.234 e. The summed E-state index contributed by atoms with van der Waals surface area (Å²) < 4.78 is 13.9. The molecule has 5 nitrogen and oxygen atoms in total. The Labute approximate surface area is 207 Å². The van der Waals surface area contributed by atoms with Crippen LogP contribution in [0.15, 0.2) is 70.4 Å². The van der Waals surface area contributed by atoms with Gasteiger partial charge in [0.1, 0.15) is 5.82 Å². The topological polar surface area (TPSA) is 82.0 Å². The van der Waals surface area contributed by atoms with Crippen molar-refractivity contribution in [3.63, 3.8) is 0 Å². The van der Waals surface area contributed by atoms with Gasteiger partial charge in [-0.15, -0.1) is 0 Å². The minimum atomic E-state index is -0.542. The Morgan fingerprint density at radius 3 is 2.62 bits per heavy atom. The van der Waals surface area contributed by atoms with Gasteiger partial charge >= 0.3 is 0 Å². The summed E-state index contributed by atoms with van der Waals surface area (Å²) in [6.07, 6.45) is 1.03. The van der Waals surface area contributed by atoms with Gasteiger partial charge in [0.2, 0.25) is 5.91 Å². The van der Waals surface area contributed by atoms with Crippen LogP contribution in [0.2, 0.25) is 5.02 Å². The molecule has 1 heterocycles. The van der Waals surface area contributed by atoms with Crippen LogP contribution in [-0.4, -0.2) is 17.4 Å². The summed E-state index contributed by atoms with van der Waals surface area (Å²) in [5.41, 5.74) is 2.41. The number of rotatable bonds is 5.